The van der Waals surface area contributed by atoms with Crippen LogP contribution < -0.4 is 16.6 Å². The standard InChI is InChI=1S/C6H13N3O2S2/c7-9-1-5(10)6(11)4(2-12)8-3-13/h4,8-9,12-13H,1-3,7H2/t4-/m0/s1. The lowest BCUT2D eigenvalue weighted by Crippen LogP contribution is -2.45. The van der Waals surface area contributed by atoms with Gasteiger partial charge in [0, 0.05) is 11.6 Å². The normalized spacial score (nSPS) is 12.5. The Balaban J connectivity index is 4.11. The van der Waals surface area contributed by atoms with Crippen molar-refractivity contribution in [1.29, 1.82) is 0 Å². The number of carbonyl (C=O) groups excluding carboxylic acids is 2. The summed E-state index contributed by atoms with van der Waals surface area (Å²) in [5.41, 5.74) is 2.13. The van der Waals surface area contributed by atoms with Gasteiger partial charge in [-0.3, -0.25) is 26.2 Å². The van der Waals surface area contributed by atoms with Crippen LogP contribution in [0.15, 0.2) is 0 Å². The summed E-state index contributed by atoms with van der Waals surface area (Å²) in [6.07, 6.45) is 0. The average molecular weight is 223 g/mol. The number of rotatable bonds is 7. The molecule has 0 radical (unpaired) electrons. The van der Waals surface area contributed by atoms with Crippen LogP contribution in [0.4, 0.5) is 0 Å². The predicted octanol–water partition coefficient (Wildman–Crippen LogP) is -1.64. The number of hydrazine groups is 1. The van der Waals surface area contributed by atoms with Crippen LogP contribution in [0.2, 0.25) is 0 Å². The second-order valence-corrected chi connectivity index (χ2v) is 2.95. The second kappa shape index (κ2) is 7.34. The van der Waals surface area contributed by atoms with Crippen LogP contribution in [0.1, 0.15) is 0 Å². The van der Waals surface area contributed by atoms with Gasteiger partial charge in [-0.05, 0) is 0 Å². The molecule has 0 saturated carbocycles. The van der Waals surface area contributed by atoms with Crippen LogP contribution in [-0.4, -0.2) is 35.8 Å². The SMILES string of the molecule is NNCC(=O)C(=O)[C@H](CS)NCS. The van der Waals surface area contributed by atoms with Crippen molar-refractivity contribution in [1.82, 2.24) is 10.7 Å². The lowest BCUT2D eigenvalue weighted by atomic mass is 10.1. The second-order valence-electron chi connectivity index (χ2n) is 2.27. The number of nitrogens with two attached hydrogens (primary N) is 1. The van der Waals surface area contributed by atoms with Crippen LogP contribution in [0.5, 0.6) is 0 Å². The van der Waals surface area contributed by atoms with Gasteiger partial charge in [-0.25, -0.2) is 0 Å². The minimum Gasteiger partial charge on any atom is -0.298 e. The summed E-state index contributed by atoms with van der Waals surface area (Å²) < 4.78 is 0. The summed E-state index contributed by atoms with van der Waals surface area (Å²) in [6, 6.07) is -0.582. The highest BCUT2D eigenvalue weighted by Crippen LogP contribution is 1.92. The molecule has 0 unspecified atom stereocenters. The molecule has 0 bridgehead atoms. The fourth-order valence-electron chi connectivity index (χ4n) is 0.724. The van der Waals surface area contributed by atoms with Gasteiger partial charge in [-0.2, -0.15) is 25.3 Å². The lowest BCUT2D eigenvalue weighted by molar-refractivity contribution is -0.136. The molecule has 0 saturated heterocycles. The third-order valence-corrected chi connectivity index (χ3v) is 1.92. The van der Waals surface area contributed by atoms with E-state index >= 15 is 0 Å². The highest BCUT2D eigenvalue weighted by Gasteiger charge is 2.22. The molecule has 0 aromatic carbocycles. The van der Waals surface area contributed by atoms with E-state index in [4.69, 9.17) is 5.84 Å². The molecular formula is C6H13N3O2S2. The minimum absolute atomic E-state index is 0.155. The van der Waals surface area contributed by atoms with E-state index in [-0.39, 0.29) is 12.3 Å². The number of ketones is 2. The molecule has 0 aliphatic carbocycles. The Morgan fingerprint density at radius 1 is 1.38 bits per heavy atom. The van der Waals surface area contributed by atoms with Crippen molar-refractivity contribution < 1.29 is 9.59 Å². The van der Waals surface area contributed by atoms with Gasteiger partial charge in [-0.1, -0.05) is 0 Å². The topological polar surface area (TPSA) is 84.2 Å². The molecule has 0 aromatic heterocycles. The maximum absolute atomic E-state index is 11.3. The number of hydrogen-bond donors (Lipinski definition) is 5. The molecule has 0 amide bonds. The van der Waals surface area contributed by atoms with Crippen molar-refractivity contribution >= 4 is 36.8 Å². The summed E-state index contributed by atoms with van der Waals surface area (Å²) >= 11 is 7.81. The number of carbonyl (C=O) groups is 2. The third kappa shape index (κ3) is 4.63. The van der Waals surface area contributed by atoms with Gasteiger partial charge < -0.3 is 0 Å². The molecule has 0 aliphatic heterocycles. The van der Waals surface area contributed by atoms with Gasteiger partial charge in [0.2, 0.25) is 11.6 Å². The first-order valence-corrected chi connectivity index (χ1v) is 4.89. The molecule has 13 heavy (non-hydrogen) atoms. The first kappa shape index (κ1) is 12.9. The van der Waals surface area contributed by atoms with Crippen molar-refractivity contribution in [3.05, 3.63) is 0 Å². The van der Waals surface area contributed by atoms with Crippen molar-refractivity contribution in [3.63, 3.8) is 0 Å². The van der Waals surface area contributed by atoms with Crippen LogP contribution in [0, 0.1) is 0 Å². The van der Waals surface area contributed by atoms with Gasteiger partial charge >= 0.3 is 0 Å². The molecule has 4 N–H and O–H groups in total. The van der Waals surface area contributed by atoms with Gasteiger partial charge in [0.05, 0.1) is 12.6 Å². The fraction of sp³-hybridized carbons (Fsp3) is 0.667. The maximum Gasteiger partial charge on any atom is 0.217 e. The number of Topliss-reactive ketones (excluding diaryl/α,β-unsaturated/α-hetero) is 2. The molecule has 76 valence electrons. The third-order valence-electron chi connectivity index (χ3n) is 1.37. The predicted molar refractivity (Wildman–Crippen MR) is 56.8 cm³/mol. The zero-order chi connectivity index (χ0) is 10.3. The number of hydrogen-bond acceptors (Lipinski definition) is 7. The van der Waals surface area contributed by atoms with Crippen molar-refractivity contribution in [2.24, 2.45) is 5.84 Å². The smallest absolute Gasteiger partial charge is 0.217 e. The minimum atomic E-state index is -0.582. The Labute approximate surface area is 87.6 Å². The maximum atomic E-state index is 11.3. The average Bonchev–Trinajstić information content (AvgIpc) is 2.13. The van der Waals surface area contributed by atoms with Crippen LogP contribution in [-0.2, 0) is 9.59 Å². The van der Waals surface area contributed by atoms with E-state index in [0.29, 0.717) is 5.88 Å². The molecule has 0 aromatic rings. The van der Waals surface area contributed by atoms with Crippen LogP contribution in [0.3, 0.4) is 0 Å². The molecule has 0 fully saturated rings. The summed E-state index contributed by atoms with van der Waals surface area (Å²) in [7, 11) is 0. The highest BCUT2D eigenvalue weighted by atomic mass is 32.1. The van der Waals surface area contributed by atoms with Crippen LogP contribution >= 0.6 is 25.3 Å². The molecule has 1 atom stereocenters. The Hall–Kier alpha value is -0.0800. The van der Waals surface area contributed by atoms with Crippen molar-refractivity contribution in [3.8, 4) is 0 Å². The number of nitrogens with one attached hydrogen (secondary N) is 2. The molecule has 0 spiro atoms. The summed E-state index contributed by atoms with van der Waals surface area (Å²) in [4.78, 5) is 22.3. The summed E-state index contributed by atoms with van der Waals surface area (Å²) in [5, 5.41) is 2.72. The lowest BCUT2D eigenvalue weighted by Gasteiger charge is -2.12. The molecule has 5 nitrogen and oxygen atoms in total. The first-order valence-electron chi connectivity index (χ1n) is 3.63. The molecule has 0 rings (SSSR count). The summed E-state index contributed by atoms with van der Waals surface area (Å²) in [6.45, 7) is -0.155. The molecular weight excluding hydrogens is 210 g/mol. The van der Waals surface area contributed by atoms with Crippen molar-refractivity contribution in [2.45, 2.75) is 6.04 Å². The van der Waals surface area contributed by atoms with E-state index in [2.05, 4.69) is 36.0 Å². The van der Waals surface area contributed by atoms with Gasteiger partial charge in [0.25, 0.3) is 0 Å². The van der Waals surface area contributed by atoms with E-state index < -0.39 is 17.6 Å². The largest absolute Gasteiger partial charge is 0.298 e. The van der Waals surface area contributed by atoms with E-state index in [9.17, 15) is 9.59 Å². The molecule has 0 aliphatic rings. The van der Waals surface area contributed by atoms with Gasteiger partial charge in [0.15, 0.2) is 0 Å². The van der Waals surface area contributed by atoms with Gasteiger partial charge in [0.1, 0.15) is 0 Å². The van der Waals surface area contributed by atoms with Crippen molar-refractivity contribution in [2.75, 3.05) is 18.2 Å². The molecule has 7 heteroatoms. The number of thiol groups is 2. The monoisotopic (exact) mass is 223 g/mol. The Kier molecular flexibility index (Phi) is 7.29. The zero-order valence-corrected chi connectivity index (χ0v) is 8.78. The zero-order valence-electron chi connectivity index (χ0n) is 6.99. The Morgan fingerprint density at radius 2 is 2.00 bits per heavy atom. The fourth-order valence-corrected chi connectivity index (χ4v) is 1.24. The quantitative estimate of drug-likeness (QED) is 0.118. The van der Waals surface area contributed by atoms with E-state index in [1.54, 1.807) is 0 Å². The Morgan fingerprint density at radius 3 is 2.38 bits per heavy atom. The molecule has 0 heterocycles. The van der Waals surface area contributed by atoms with E-state index in [1.165, 1.54) is 0 Å². The highest BCUT2D eigenvalue weighted by molar-refractivity contribution is 7.80. The first-order chi connectivity index (χ1) is 6.17. The van der Waals surface area contributed by atoms with E-state index in [1.807, 2.05) is 0 Å². The van der Waals surface area contributed by atoms with E-state index in [0.717, 1.165) is 0 Å². The van der Waals surface area contributed by atoms with Crippen LogP contribution in [0.25, 0.3) is 0 Å². The Bertz CT molecular complexity index is 189. The van der Waals surface area contributed by atoms with Gasteiger partial charge in [-0.15, -0.1) is 0 Å². The summed E-state index contributed by atoms with van der Waals surface area (Å²) in [5.74, 6) is 4.40.